The number of ether oxygens (including phenoxy) is 2. The van der Waals surface area contributed by atoms with Crippen molar-refractivity contribution in [2.45, 2.75) is 6.04 Å². The van der Waals surface area contributed by atoms with E-state index in [9.17, 15) is 0 Å². The van der Waals surface area contributed by atoms with Gasteiger partial charge < -0.3 is 14.8 Å². The summed E-state index contributed by atoms with van der Waals surface area (Å²) in [7, 11) is 0. The lowest BCUT2D eigenvalue weighted by Gasteiger charge is -2.34. The van der Waals surface area contributed by atoms with Gasteiger partial charge in [0.2, 0.25) is 6.79 Å². The third-order valence-corrected chi connectivity index (χ3v) is 5.86. The van der Waals surface area contributed by atoms with E-state index >= 15 is 0 Å². The third-order valence-electron chi connectivity index (χ3n) is 4.77. The maximum absolute atomic E-state index is 5.60. The molecule has 1 fully saturated rings. The van der Waals surface area contributed by atoms with Crippen LogP contribution in [0.25, 0.3) is 10.2 Å². The Bertz CT molecular complexity index is 872. The van der Waals surface area contributed by atoms with Crippen molar-refractivity contribution < 1.29 is 9.47 Å². The molecule has 2 aliphatic rings. The van der Waals surface area contributed by atoms with E-state index in [1.54, 1.807) is 11.3 Å². The maximum Gasteiger partial charge on any atom is 0.231 e. The minimum absolute atomic E-state index is 0.147. The fraction of sp³-hybridized carbons (Fsp3) is 0.316. The van der Waals surface area contributed by atoms with Gasteiger partial charge in [-0.3, -0.25) is 4.90 Å². The number of hydrogen-bond acceptors (Lipinski definition) is 6. The zero-order valence-corrected chi connectivity index (χ0v) is 14.6. The first-order valence-corrected chi connectivity index (χ1v) is 9.40. The van der Waals surface area contributed by atoms with Crippen molar-refractivity contribution >= 4 is 21.6 Å². The maximum atomic E-state index is 5.60. The molecule has 6 heteroatoms. The van der Waals surface area contributed by atoms with E-state index in [1.807, 2.05) is 12.1 Å². The molecule has 2 aliphatic heterocycles. The number of para-hydroxylation sites is 1. The molecule has 0 spiro atoms. The SMILES string of the molecule is c1ccc2sc(C(c3ccc4c(c3)OCO4)N3CCNCC3)nc2c1. The monoisotopic (exact) mass is 353 g/mol. The van der Waals surface area contributed by atoms with Crippen LogP contribution in [-0.2, 0) is 0 Å². The molecule has 0 bridgehead atoms. The molecule has 1 atom stereocenters. The van der Waals surface area contributed by atoms with E-state index in [0.29, 0.717) is 6.79 Å². The first kappa shape index (κ1) is 15.1. The molecule has 0 radical (unpaired) electrons. The molecule has 0 amide bonds. The number of aromatic nitrogens is 1. The highest BCUT2D eigenvalue weighted by molar-refractivity contribution is 7.18. The van der Waals surface area contributed by atoms with Gasteiger partial charge in [-0.25, -0.2) is 4.98 Å². The highest BCUT2D eigenvalue weighted by Gasteiger charge is 2.28. The second-order valence-corrected chi connectivity index (χ2v) is 7.38. The van der Waals surface area contributed by atoms with E-state index < -0.39 is 0 Å². The van der Waals surface area contributed by atoms with E-state index in [-0.39, 0.29) is 6.04 Å². The summed E-state index contributed by atoms with van der Waals surface area (Å²) in [5.74, 6) is 1.66. The normalized spacial score (nSPS) is 18.6. The number of fused-ring (bicyclic) bond motifs is 2. The molecule has 25 heavy (non-hydrogen) atoms. The molecule has 0 saturated carbocycles. The predicted octanol–water partition coefficient (Wildman–Crippen LogP) is 3.02. The largest absolute Gasteiger partial charge is 0.454 e. The van der Waals surface area contributed by atoms with Crippen LogP contribution in [0.2, 0.25) is 0 Å². The topological polar surface area (TPSA) is 46.6 Å². The van der Waals surface area contributed by atoms with Gasteiger partial charge in [0.25, 0.3) is 0 Å². The Morgan fingerprint density at radius 1 is 1.04 bits per heavy atom. The first-order valence-electron chi connectivity index (χ1n) is 8.58. The average molecular weight is 353 g/mol. The Labute approximate surface area is 150 Å². The molecular formula is C19H19N3O2S. The zero-order chi connectivity index (χ0) is 16.6. The second-order valence-electron chi connectivity index (χ2n) is 6.32. The Morgan fingerprint density at radius 2 is 1.88 bits per heavy atom. The third kappa shape index (κ3) is 2.76. The summed E-state index contributed by atoms with van der Waals surface area (Å²) >= 11 is 1.78. The molecule has 128 valence electrons. The highest BCUT2D eigenvalue weighted by atomic mass is 32.1. The second kappa shape index (κ2) is 6.29. The summed E-state index contributed by atoms with van der Waals surface area (Å²) in [6.45, 7) is 4.33. The molecule has 1 saturated heterocycles. The smallest absolute Gasteiger partial charge is 0.231 e. The van der Waals surface area contributed by atoms with Crippen LogP contribution < -0.4 is 14.8 Å². The van der Waals surface area contributed by atoms with Gasteiger partial charge in [-0.05, 0) is 29.8 Å². The fourth-order valence-electron chi connectivity index (χ4n) is 3.54. The number of rotatable bonds is 3. The highest BCUT2D eigenvalue weighted by Crippen LogP contribution is 2.39. The standard InChI is InChI=1S/C19H19N3O2S/c1-2-4-17-14(3-1)21-19(25-17)18(22-9-7-20-8-10-22)13-5-6-15-16(11-13)24-12-23-15/h1-6,11,18,20H,7-10,12H2. The lowest BCUT2D eigenvalue weighted by molar-refractivity contribution is 0.173. The predicted molar refractivity (Wildman–Crippen MR) is 98.5 cm³/mol. The number of hydrogen-bond donors (Lipinski definition) is 1. The number of thiazole rings is 1. The summed E-state index contributed by atoms with van der Waals surface area (Å²) < 4.78 is 12.3. The van der Waals surface area contributed by atoms with Gasteiger partial charge in [-0.1, -0.05) is 18.2 Å². The summed E-state index contributed by atoms with van der Waals surface area (Å²) in [6.07, 6.45) is 0. The Hall–Kier alpha value is -2.15. The average Bonchev–Trinajstić information content (AvgIpc) is 3.29. The van der Waals surface area contributed by atoms with E-state index in [2.05, 4.69) is 40.5 Å². The van der Waals surface area contributed by atoms with Crippen LogP contribution >= 0.6 is 11.3 Å². The van der Waals surface area contributed by atoms with Crippen LogP contribution in [0.3, 0.4) is 0 Å². The summed E-state index contributed by atoms with van der Waals surface area (Å²) in [5.41, 5.74) is 2.29. The van der Waals surface area contributed by atoms with Crippen molar-refractivity contribution in [1.82, 2.24) is 15.2 Å². The van der Waals surface area contributed by atoms with Gasteiger partial charge in [0.15, 0.2) is 11.5 Å². The molecule has 1 N–H and O–H groups in total. The molecule has 3 aromatic rings. The Balaban J connectivity index is 1.60. The van der Waals surface area contributed by atoms with Gasteiger partial charge in [-0.2, -0.15) is 0 Å². The van der Waals surface area contributed by atoms with Crippen molar-refractivity contribution in [3.8, 4) is 11.5 Å². The van der Waals surface area contributed by atoms with Gasteiger partial charge >= 0.3 is 0 Å². The number of nitrogens with zero attached hydrogens (tertiary/aromatic N) is 2. The van der Waals surface area contributed by atoms with E-state index in [0.717, 1.165) is 48.2 Å². The number of nitrogens with one attached hydrogen (secondary N) is 1. The lowest BCUT2D eigenvalue weighted by Crippen LogP contribution is -2.45. The molecular weight excluding hydrogens is 334 g/mol. The Kier molecular flexibility index (Phi) is 3.81. The molecule has 3 heterocycles. The molecule has 1 unspecified atom stereocenters. The lowest BCUT2D eigenvalue weighted by atomic mass is 10.0. The van der Waals surface area contributed by atoms with Crippen LogP contribution in [-0.4, -0.2) is 42.9 Å². The van der Waals surface area contributed by atoms with Gasteiger partial charge in [0.05, 0.1) is 16.3 Å². The fourth-order valence-corrected chi connectivity index (χ4v) is 4.67. The molecule has 1 aromatic heterocycles. The Morgan fingerprint density at radius 3 is 2.76 bits per heavy atom. The molecule has 2 aromatic carbocycles. The van der Waals surface area contributed by atoms with Crippen molar-refractivity contribution in [2.75, 3.05) is 33.0 Å². The van der Waals surface area contributed by atoms with Crippen molar-refractivity contribution in [1.29, 1.82) is 0 Å². The first-order chi connectivity index (χ1) is 12.4. The zero-order valence-electron chi connectivity index (χ0n) is 13.8. The van der Waals surface area contributed by atoms with Crippen LogP contribution in [0.4, 0.5) is 0 Å². The van der Waals surface area contributed by atoms with Crippen LogP contribution in [0.5, 0.6) is 11.5 Å². The van der Waals surface area contributed by atoms with Crippen molar-refractivity contribution in [2.24, 2.45) is 0 Å². The van der Waals surface area contributed by atoms with E-state index in [1.165, 1.54) is 10.3 Å². The minimum Gasteiger partial charge on any atom is -0.454 e. The van der Waals surface area contributed by atoms with Crippen LogP contribution in [0.1, 0.15) is 16.6 Å². The minimum atomic E-state index is 0.147. The number of benzene rings is 2. The van der Waals surface area contributed by atoms with Crippen LogP contribution in [0.15, 0.2) is 42.5 Å². The molecule has 0 aliphatic carbocycles. The van der Waals surface area contributed by atoms with Crippen molar-refractivity contribution in [3.63, 3.8) is 0 Å². The van der Waals surface area contributed by atoms with Gasteiger partial charge in [-0.15, -0.1) is 11.3 Å². The van der Waals surface area contributed by atoms with E-state index in [4.69, 9.17) is 14.5 Å². The molecule has 5 nitrogen and oxygen atoms in total. The van der Waals surface area contributed by atoms with Gasteiger partial charge in [0, 0.05) is 26.2 Å². The van der Waals surface area contributed by atoms with Crippen LogP contribution in [0, 0.1) is 0 Å². The summed E-state index contributed by atoms with van der Waals surface area (Å²) in [5, 5.41) is 4.58. The van der Waals surface area contributed by atoms with Crippen molar-refractivity contribution in [3.05, 3.63) is 53.0 Å². The summed E-state index contributed by atoms with van der Waals surface area (Å²) in [6, 6.07) is 14.8. The summed E-state index contributed by atoms with van der Waals surface area (Å²) in [4.78, 5) is 7.45. The number of piperazine rings is 1. The quantitative estimate of drug-likeness (QED) is 0.784. The molecule has 5 rings (SSSR count). The van der Waals surface area contributed by atoms with Gasteiger partial charge in [0.1, 0.15) is 5.01 Å².